The largest absolute Gasteiger partial charge is 0.513 e. The molecule has 0 aromatic heterocycles. The molecule has 2 aromatic rings. The fraction of sp³-hybridized carbons (Fsp3) is 0.188. The average molecular weight is 299 g/mol. The van der Waals surface area contributed by atoms with Crippen LogP contribution in [0.2, 0.25) is 0 Å². The van der Waals surface area contributed by atoms with Crippen molar-refractivity contribution < 1.29 is 23.8 Å². The first-order valence-electron chi connectivity index (χ1n) is 6.49. The van der Waals surface area contributed by atoms with Crippen molar-refractivity contribution in [3.63, 3.8) is 0 Å². The SMILES string of the molecule is COC(=O)Oc1c(C(=O)OCCC#N)ccc2ccccc12. The van der Waals surface area contributed by atoms with E-state index < -0.39 is 12.1 Å². The normalized spacial score (nSPS) is 9.82. The monoisotopic (exact) mass is 299 g/mol. The van der Waals surface area contributed by atoms with Crippen LogP contribution in [0.5, 0.6) is 5.75 Å². The van der Waals surface area contributed by atoms with Crippen LogP contribution in [-0.2, 0) is 9.47 Å². The van der Waals surface area contributed by atoms with E-state index in [1.165, 1.54) is 13.2 Å². The Bertz CT molecular complexity index is 748. The number of carbonyl (C=O) groups is 2. The molecule has 2 rings (SSSR count). The van der Waals surface area contributed by atoms with Crippen molar-refractivity contribution in [1.82, 2.24) is 0 Å². The molecule has 0 saturated carbocycles. The lowest BCUT2D eigenvalue weighted by molar-refractivity contribution is 0.0509. The molecular formula is C16H13NO5. The van der Waals surface area contributed by atoms with Crippen molar-refractivity contribution in [2.45, 2.75) is 6.42 Å². The van der Waals surface area contributed by atoms with Crippen molar-refractivity contribution in [3.8, 4) is 11.8 Å². The van der Waals surface area contributed by atoms with Crippen molar-refractivity contribution in [2.24, 2.45) is 0 Å². The highest BCUT2D eigenvalue weighted by Gasteiger charge is 2.19. The Morgan fingerprint density at radius 3 is 2.68 bits per heavy atom. The number of ether oxygens (including phenoxy) is 3. The van der Waals surface area contributed by atoms with E-state index in [4.69, 9.17) is 14.7 Å². The number of nitriles is 1. The molecule has 0 aliphatic rings. The summed E-state index contributed by atoms with van der Waals surface area (Å²) >= 11 is 0. The molecule has 0 amide bonds. The van der Waals surface area contributed by atoms with Gasteiger partial charge in [-0.1, -0.05) is 30.3 Å². The van der Waals surface area contributed by atoms with E-state index in [1.807, 2.05) is 18.2 Å². The number of nitrogens with zero attached hydrogens (tertiary/aromatic N) is 1. The molecule has 0 saturated heterocycles. The Labute approximate surface area is 126 Å². The molecule has 0 heterocycles. The highest BCUT2D eigenvalue weighted by Crippen LogP contribution is 2.30. The second kappa shape index (κ2) is 7.09. The zero-order chi connectivity index (χ0) is 15.9. The molecule has 0 N–H and O–H groups in total. The van der Waals surface area contributed by atoms with Gasteiger partial charge in [0.2, 0.25) is 0 Å². The molecule has 112 valence electrons. The van der Waals surface area contributed by atoms with Gasteiger partial charge in [0.05, 0.1) is 19.6 Å². The Balaban J connectivity index is 2.44. The number of esters is 1. The third-order valence-corrected chi connectivity index (χ3v) is 2.90. The zero-order valence-electron chi connectivity index (χ0n) is 11.9. The van der Waals surface area contributed by atoms with Crippen molar-refractivity contribution in [2.75, 3.05) is 13.7 Å². The Kier molecular flexibility index (Phi) is 4.94. The zero-order valence-corrected chi connectivity index (χ0v) is 11.9. The minimum absolute atomic E-state index is 0.0280. The quantitative estimate of drug-likeness (QED) is 0.490. The van der Waals surface area contributed by atoms with Gasteiger partial charge in [0.25, 0.3) is 0 Å². The molecule has 0 aliphatic carbocycles. The van der Waals surface area contributed by atoms with E-state index in [1.54, 1.807) is 18.2 Å². The Morgan fingerprint density at radius 2 is 1.95 bits per heavy atom. The Morgan fingerprint density at radius 1 is 1.18 bits per heavy atom. The van der Waals surface area contributed by atoms with Crippen LogP contribution < -0.4 is 4.74 Å². The number of methoxy groups -OCH3 is 1. The number of rotatable bonds is 4. The van der Waals surface area contributed by atoms with Crippen LogP contribution in [0.1, 0.15) is 16.8 Å². The second-order valence-corrected chi connectivity index (χ2v) is 4.26. The predicted octanol–water partition coefficient (Wildman–Crippen LogP) is 3.06. The van der Waals surface area contributed by atoms with E-state index in [0.717, 1.165) is 5.39 Å². The average Bonchev–Trinajstić information content (AvgIpc) is 2.55. The molecule has 2 aromatic carbocycles. The van der Waals surface area contributed by atoms with Gasteiger partial charge < -0.3 is 14.2 Å². The fourth-order valence-electron chi connectivity index (χ4n) is 1.91. The van der Waals surface area contributed by atoms with E-state index in [9.17, 15) is 9.59 Å². The number of carbonyl (C=O) groups excluding carboxylic acids is 2. The summed E-state index contributed by atoms with van der Waals surface area (Å²) in [5.41, 5.74) is 0.0991. The molecule has 0 unspecified atom stereocenters. The van der Waals surface area contributed by atoms with Gasteiger partial charge in [-0.2, -0.15) is 5.26 Å². The van der Waals surface area contributed by atoms with Crippen LogP contribution in [0.4, 0.5) is 4.79 Å². The summed E-state index contributed by atoms with van der Waals surface area (Å²) in [5.74, 6) is -0.591. The number of hydrogen-bond donors (Lipinski definition) is 0. The highest BCUT2D eigenvalue weighted by molar-refractivity contribution is 6.02. The maximum absolute atomic E-state index is 12.1. The minimum atomic E-state index is -0.928. The maximum Gasteiger partial charge on any atom is 0.513 e. The van der Waals surface area contributed by atoms with E-state index in [0.29, 0.717) is 5.39 Å². The lowest BCUT2D eigenvalue weighted by atomic mass is 10.1. The minimum Gasteiger partial charge on any atom is -0.461 e. The fourth-order valence-corrected chi connectivity index (χ4v) is 1.91. The second-order valence-electron chi connectivity index (χ2n) is 4.26. The van der Waals surface area contributed by atoms with Crippen LogP contribution in [0, 0.1) is 11.3 Å². The molecule has 22 heavy (non-hydrogen) atoms. The first-order chi connectivity index (χ1) is 10.7. The molecule has 0 radical (unpaired) electrons. The lowest BCUT2D eigenvalue weighted by Crippen LogP contribution is -2.13. The summed E-state index contributed by atoms with van der Waals surface area (Å²) in [5, 5.41) is 9.86. The van der Waals surface area contributed by atoms with Crippen LogP contribution in [0.15, 0.2) is 36.4 Å². The van der Waals surface area contributed by atoms with Crippen molar-refractivity contribution in [3.05, 3.63) is 42.0 Å². The number of benzene rings is 2. The summed E-state index contributed by atoms with van der Waals surface area (Å²) in [6.45, 7) is -0.0280. The van der Waals surface area contributed by atoms with E-state index in [-0.39, 0.29) is 24.3 Å². The molecule has 0 aliphatic heterocycles. The smallest absolute Gasteiger partial charge is 0.461 e. The summed E-state index contributed by atoms with van der Waals surface area (Å²) in [6, 6.07) is 12.2. The summed E-state index contributed by atoms with van der Waals surface area (Å²) in [7, 11) is 1.18. The summed E-state index contributed by atoms with van der Waals surface area (Å²) in [6.07, 6.45) is -0.839. The van der Waals surface area contributed by atoms with Crippen molar-refractivity contribution >= 4 is 22.9 Å². The van der Waals surface area contributed by atoms with E-state index >= 15 is 0 Å². The maximum atomic E-state index is 12.1. The topological polar surface area (TPSA) is 85.6 Å². The molecule has 0 spiro atoms. The molecule has 0 bridgehead atoms. The van der Waals surface area contributed by atoms with E-state index in [2.05, 4.69) is 4.74 Å². The van der Waals surface area contributed by atoms with Gasteiger partial charge >= 0.3 is 12.1 Å². The van der Waals surface area contributed by atoms with Gasteiger partial charge in [-0.15, -0.1) is 0 Å². The third-order valence-electron chi connectivity index (χ3n) is 2.90. The number of fused-ring (bicyclic) bond motifs is 1. The van der Waals surface area contributed by atoms with Gasteiger partial charge in [0, 0.05) is 5.39 Å². The first-order valence-corrected chi connectivity index (χ1v) is 6.49. The summed E-state index contributed by atoms with van der Waals surface area (Å²) < 4.78 is 14.6. The van der Waals surface area contributed by atoms with Gasteiger partial charge in [-0.3, -0.25) is 0 Å². The highest BCUT2D eigenvalue weighted by atomic mass is 16.7. The third kappa shape index (κ3) is 3.33. The standard InChI is InChI=1S/C16H13NO5/c1-20-16(19)22-14-12-6-3-2-5-11(12)7-8-13(14)15(18)21-10-4-9-17/h2-3,5-8H,4,10H2,1H3. The molecule has 6 heteroatoms. The van der Waals surface area contributed by atoms with Gasteiger partial charge in [-0.05, 0) is 11.5 Å². The number of hydrogen-bond acceptors (Lipinski definition) is 6. The van der Waals surface area contributed by atoms with Crippen LogP contribution in [0.3, 0.4) is 0 Å². The Hall–Kier alpha value is -3.07. The first kappa shape index (κ1) is 15.3. The molecular weight excluding hydrogens is 286 g/mol. The van der Waals surface area contributed by atoms with Crippen LogP contribution in [-0.4, -0.2) is 25.8 Å². The van der Waals surface area contributed by atoms with Gasteiger partial charge in [-0.25, -0.2) is 9.59 Å². The molecule has 6 nitrogen and oxygen atoms in total. The van der Waals surface area contributed by atoms with Crippen LogP contribution in [0.25, 0.3) is 10.8 Å². The van der Waals surface area contributed by atoms with Gasteiger partial charge in [0.15, 0.2) is 5.75 Å². The van der Waals surface area contributed by atoms with Crippen molar-refractivity contribution in [1.29, 1.82) is 5.26 Å². The van der Waals surface area contributed by atoms with Crippen LogP contribution >= 0.6 is 0 Å². The lowest BCUT2D eigenvalue weighted by Gasteiger charge is -2.11. The molecule has 0 atom stereocenters. The molecule has 0 fully saturated rings. The van der Waals surface area contributed by atoms with Gasteiger partial charge in [0.1, 0.15) is 12.2 Å². The predicted molar refractivity (Wildman–Crippen MR) is 77.5 cm³/mol. The summed E-state index contributed by atoms with van der Waals surface area (Å²) in [4.78, 5) is 23.5.